The van der Waals surface area contributed by atoms with Gasteiger partial charge in [0, 0.05) is 38.1 Å². The van der Waals surface area contributed by atoms with Crippen molar-refractivity contribution >= 4 is 17.8 Å². The van der Waals surface area contributed by atoms with Crippen LogP contribution in [0.2, 0.25) is 0 Å². The highest BCUT2D eigenvalue weighted by molar-refractivity contribution is 5.98. The molecule has 0 aliphatic carbocycles. The van der Waals surface area contributed by atoms with Crippen LogP contribution >= 0.6 is 0 Å². The molecule has 3 rings (SSSR count). The lowest BCUT2D eigenvalue weighted by atomic mass is 9.87. The highest BCUT2D eigenvalue weighted by atomic mass is 19.1. The summed E-state index contributed by atoms with van der Waals surface area (Å²) in [5.41, 5.74) is 0.761. The van der Waals surface area contributed by atoms with Gasteiger partial charge in [0.1, 0.15) is 18.0 Å². The topological polar surface area (TPSA) is 122 Å². The summed E-state index contributed by atoms with van der Waals surface area (Å²) in [7, 11) is 1.39. The van der Waals surface area contributed by atoms with Gasteiger partial charge < -0.3 is 29.0 Å². The Kier molecular flexibility index (Phi) is 11.7. The number of unbranched alkanes of at least 4 members (excludes halogenated alkanes) is 1. The third-order valence-electron chi connectivity index (χ3n) is 6.71. The van der Waals surface area contributed by atoms with Crippen molar-refractivity contribution in [3.8, 4) is 11.5 Å². The second-order valence-electron chi connectivity index (χ2n) is 9.59. The molecule has 0 unspecified atom stereocenters. The minimum absolute atomic E-state index is 0.0382. The lowest BCUT2D eigenvalue weighted by Crippen LogP contribution is -2.44. The molecule has 2 aromatic rings. The van der Waals surface area contributed by atoms with Gasteiger partial charge in [-0.3, -0.25) is 9.59 Å². The van der Waals surface area contributed by atoms with Crippen LogP contribution in [-0.2, 0) is 30.2 Å². The first-order valence-electron chi connectivity index (χ1n) is 13.4. The molecule has 0 spiro atoms. The van der Waals surface area contributed by atoms with Crippen LogP contribution in [0, 0.1) is 11.7 Å². The second-order valence-corrected chi connectivity index (χ2v) is 9.59. The molecule has 218 valence electrons. The summed E-state index contributed by atoms with van der Waals surface area (Å²) in [5, 5.41) is 2.68. The summed E-state index contributed by atoms with van der Waals surface area (Å²) in [6, 6.07) is 6.73. The lowest BCUT2D eigenvalue weighted by Gasteiger charge is -2.31. The number of nitrogens with zero attached hydrogens (tertiary/aromatic N) is 1. The normalized spacial score (nSPS) is 21.3. The average Bonchev–Trinajstić information content (AvgIpc) is 2.98. The van der Waals surface area contributed by atoms with Crippen LogP contribution in [0.25, 0.3) is 0 Å². The van der Waals surface area contributed by atoms with Gasteiger partial charge in [0.05, 0.1) is 13.2 Å². The van der Waals surface area contributed by atoms with E-state index in [0.29, 0.717) is 6.42 Å². The van der Waals surface area contributed by atoms with E-state index in [1.807, 2.05) is 6.92 Å². The summed E-state index contributed by atoms with van der Waals surface area (Å²) in [6.07, 6.45) is 4.04. The van der Waals surface area contributed by atoms with Crippen molar-refractivity contribution in [3.63, 3.8) is 0 Å². The first kappa shape index (κ1) is 30.8. The summed E-state index contributed by atoms with van der Waals surface area (Å²) in [6.45, 7) is 4.88. The predicted octanol–water partition coefficient (Wildman–Crippen LogP) is 4.00. The highest BCUT2D eigenvalue weighted by Gasteiger charge is 2.35. The maximum absolute atomic E-state index is 13.5. The molecule has 1 aliphatic rings. The molecular weight excluding hydrogens is 523 g/mol. The summed E-state index contributed by atoms with van der Waals surface area (Å²) >= 11 is 0. The number of benzene rings is 1. The minimum Gasteiger partial charge on any atom is -0.493 e. The molecule has 1 fully saturated rings. The van der Waals surface area contributed by atoms with Crippen molar-refractivity contribution in [3.05, 3.63) is 53.6 Å². The molecule has 40 heavy (non-hydrogen) atoms. The number of halogens is 1. The van der Waals surface area contributed by atoms with Crippen LogP contribution in [0.1, 0.15) is 62.5 Å². The molecule has 0 saturated carbocycles. The van der Waals surface area contributed by atoms with Gasteiger partial charge in [-0.25, -0.2) is 14.2 Å². The van der Waals surface area contributed by atoms with Gasteiger partial charge in [0.15, 0.2) is 17.2 Å². The van der Waals surface area contributed by atoms with Gasteiger partial charge in [0.2, 0.25) is 6.79 Å². The molecule has 1 aliphatic heterocycles. The Bertz CT molecular complexity index is 1140. The lowest BCUT2D eigenvalue weighted by molar-refractivity contribution is -0.154. The molecule has 0 bridgehead atoms. The van der Waals surface area contributed by atoms with E-state index < -0.39 is 36.8 Å². The van der Waals surface area contributed by atoms with Crippen molar-refractivity contribution in [2.45, 2.75) is 71.1 Å². The number of ether oxygens (including phenoxy) is 5. The first-order valence-corrected chi connectivity index (χ1v) is 13.4. The smallest absolute Gasteiger partial charge is 0.329 e. The molecule has 1 aromatic heterocycles. The minimum atomic E-state index is -1.01. The highest BCUT2D eigenvalue weighted by Crippen LogP contribution is 2.30. The number of nitrogens with one attached hydrogen (secondary N) is 1. The predicted molar refractivity (Wildman–Crippen MR) is 142 cm³/mol. The number of carbonyl (C=O) groups excluding carboxylic acids is 3. The molecule has 1 saturated heterocycles. The number of pyridine rings is 1. The number of cyclic esters (lactones) is 1. The maximum Gasteiger partial charge on any atom is 0.329 e. The molecule has 4 atom stereocenters. The van der Waals surface area contributed by atoms with Crippen molar-refractivity contribution in [1.29, 1.82) is 0 Å². The number of esters is 2. The van der Waals surface area contributed by atoms with Crippen LogP contribution in [0.15, 0.2) is 36.5 Å². The number of hydrogen-bond donors (Lipinski definition) is 1. The Morgan fingerprint density at radius 2 is 1.95 bits per heavy atom. The fourth-order valence-electron chi connectivity index (χ4n) is 4.55. The molecule has 1 N–H and O–H groups in total. The quantitative estimate of drug-likeness (QED) is 0.321. The van der Waals surface area contributed by atoms with Crippen LogP contribution in [0.3, 0.4) is 0 Å². The monoisotopic (exact) mass is 560 g/mol. The standard InChI is InChI=1S/C29H37FN2O8/c1-5-6-7-24-22(16-20-8-10-21(30)11-9-20)18(2)40-29(35)23(13-15-37-24)32-28(34)26-27(39-17-38-19(3)33)25(36-4)12-14-31-26/h8-12,14,18,22-24H,5-7,13,15-17H2,1-4H3,(H,32,34)/t18-,22-,23-,24+/m0/s1. The van der Waals surface area contributed by atoms with Crippen LogP contribution in [-0.4, -0.2) is 61.6 Å². The Morgan fingerprint density at radius 3 is 2.62 bits per heavy atom. The van der Waals surface area contributed by atoms with E-state index in [-0.39, 0.29) is 48.1 Å². The fraction of sp³-hybridized carbons (Fsp3) is 0.517. The van der Waals surface area contributed by atoms with Crippen molar-refractivity contribution in [1.82, 2.24) is 10.3 Å². The van der Waals surface area contributed by atoms with E-state index in [9.17, 15) is 18.8 Å². The third-order valence-corrected chi connectivity index (χ3v) is 6.71. The molecule has 11 heteroatoms. The zero-order chi connectivity index (χ0) is 29.1. The van der Waals surface area contributed by atoms with Gasteiger partial charge in [-0.05, 0) is 37.5 Å². The molecule has 2 heterocycles. The Hall–Kier alpha value is -3.73. The van der Waals surface area contributed by atoms with Crippen molar-refractivity contribution < 1.29 is 42.5 Å². The van der Waals surface area contributed by atoms with E-state index in [1.165, 1.54) is 38.4 Å². The van der Waals surface area contributed by atoms with Crippen molar-refractivity contribution in [2.24, 2.45) is 5.92 Å². The summed E-state index contributed by atoms with van der Waals surface area (Å²) < 4.78 is 41.2. The SMILES string of the molecule is CCCC[C@H]1OCC[C@H](NC(=O)c2nccc(OC)c2OCOC(C)=O)C(=O)O[C@@H](C)[C@@H]1Cc1ccc(F)cc1. The van der Waals surface area contributed by atoms with Crippen molar-refractivity contribution in [2.75, 3.05) is 20.5 Å². The Labute approximate surface area is 233 Å². The van der Waals surface area contributed by atoms with Gasteiger partial charge in [-0.15, -0.1) is 0 Å². The fourth-order valence-corrected chi connectivity index (χ4v) is 4.55. The van der Waals surface area contributed by atoms with Gasteiger partial charge in [-0.1, -0.05) is 31.9 Å². The molecule has 0 radical (unpaired) electrons. The van der Waals surface area contributed by atoms with Crippen LogP contribution in [0.5, 0.6) is 11.5 Å². The molecule has 10 nitrogen and oxygen atoms in total. The second kappa shape index (κ2) is 15.2. The van der Waals surface area contributed by atoms with Gasteiger partial charge in [-0.2, -0.15) is 0 Å². The number of methoxy groups -OCH3 is 1. The number of rotatable bonds is 11. The zero-order valence-electron chi connectivity index (χ0n) is 23.3. The number of carbonyl (C=O) groups is 3. The maximum atomic E-state index is 13.5. The molecule has 1 amide bonds. The molecule has 1 aromatic carbocycles. The van der Waals surface area contributed by atoms with E-state index in [0.717, 1.165) is 24.8 Å². The van der Waals surface area contributed by atoms with E-state index in [4.69, 9.17) is 23.7 Å². The summed E-state index contributed by atoms with van der Waals surface area (Å²) in [4.78, 5) is 41.7. The zero-order valence-corrected chi connectivity index (χ0v) is 23.3. The first-order chi connectivity index (χ1) is 19.2. The van der Waals surface area contributed by atoms with Crippen LogP contribution in [0.4, 0.5) is 4.39 Å². The van der Waals surface area contributed by atoms with E-state index in [1.54, 1.807) is 12.1 Å². The number of amides is 1. The van der Waals surface area contributed by atoms with Gasteiger partial charge in [0.25, 0.3) is 5.91 Å². The Balaban J connectivity index is 1.78. The van der Waals surface area contributed by atoms with E-state index in [2.05, 4.69) is 17.2 Å². The third kappa shape index (κ3) is 8.64. The van der Waals surface area contributed by atoms with Gasteiger partial charge >= 0.3 is 11.9 Å². The number of hydrogen-bond acceptors (Lipinski definition) is 9. The Morgan fingerprint density at radius 1 is 1.20 bits per heavy atom. The summed E-state index contributed by atoms with van der Waals surface area (Å²) in [5.74, 6) is -2.19. The van der Waals surface area contributed by atoms with E-state index >= 15 is 0 Å². The average molecular weight is 561 g/mol. The van der Waals surface area contributed by atoms with Crippen LogP contribution < -0.4 is 14.8 Å². The molecular formula is C29H37FN2O8. The number of aromatic nitrogens is 1. The largest absolute Gasteiger partial charge is 0.493 e.